The largest absolute Gasteiger partial charge is 0.240 e. The lowest BCUT2D eigenvalue weighted by molar-refractivity contribution is 0.564. The van der Waals surface area contributed by atoms with Gasteiger partial charge in [-0.1, -0.05) is 12.1 Å². The SMILES string of the molecule is O=C=Nc1ccc(-c2ccc(N=C=O)c(Br)c2)cc1Br. The molecule has 0 amide bonds. The Labute approximate surface area is 131 Å². The van der Waals surface area contributed by atoms with Crippen molar-refractivity contribution in [3.63, 3.8) is 0 Å². The van der Waals surface area contributed by atoms with Crippen LogP contribution in [0.25, 0.3) is 11.1 Å². The maximum absolute atomic E-state index is 10.3. The summed E-state index contributed by atoms with van der Waals surface area (Å²) < 4.78 is 1.40. The van der Waals surface area contributed by atoms with Crippen LogP contribution in [0.2, 0.25) is 0 Å². The number of halogens is 2. The van der Waals surface area contributed by atoms with E-state index >= 15 is 0 Å². The molecule has 0 spiro atoms. The monoisotopic (exact) mass is 392 g/mol. The number of rotatable bonds is 3. The molecule has 6 heteroatoms. The summed E-state index contributed by atoms with van der Waals surface area (Å²) in [6.45, 7) is 0. The van der Waals surface area contributed by atoms with Crippen molar-refractivity contribution in [2.45, 2.75) is 0 Å². The van der Waals surface area contributed by atoms with Gasteiger partial charge in [0, 0.05) is 8.95 Å². The molecule has 2 rings (SSSR count). The average Bonchev–Trinajstić information content (AvgIpc) is 2.44. The van der Waals surface area contributed by atoms with Gasteiger partial charge in [0.15, 0.2) is 0 Å². The molecule has 0 fully saturated rings. The van der Waals surface area contributed by atoms with Crippen molar-refractivity contribution in [3.8, 4) is 11.1 Å². The summed E-state index contributed by atoms with van der Waals surface area (Å²) in [6.07, 6.45) is 3.01. The summed E-state index contributed by atoms with van der Waals surface area (Å²) in [5, 5.41) is 0. The molecule has 0 N–H and O–H groups in total. The first kappa shape index (κ1) is 14.6. The molecule has 0 saturated carbocycles. The van der Waals surface area contributed by atoms with E-state index in [4.69, 9.17) is 0 Å². The van der Waals surface area contributed by atoms with Gasteiger partial charge < -0.3 is 0 Å². The lowest BCUT2D eigenvalue weighted by Gasteiger charge is -2.05. The minimum atomic E-state index is 0.519. The number of benzene rings is 2. The quantitative estimate of drug-likeness (QED) is 0.554. The molecule has 2 aromatic carbocycles. The Balaban J connectivity index is 2.46. The van der Waals surface area contributed by atoms with Crippen molar-refractivity contribution in [2.75, 3.05) is 0 Å². The number of nitrogens with zero attached hydrogens (tertiary/aromatic N) is 2. The van der Waals surface area contributed by atoms with Crippen LogP contribution < -0.4 is 0 Å². The van der Waals surface area contributed by atoms with Crippen LogP contribution in [0, 0.1) is 0 Å². The first-order chi connectivity index (χ1) is 9.65. The molecule has 98 valence electrons. The molecular formula is C14H6Br2N2O2. The highest BCUT2D eigenvalue weighted by Crippen LogP contribution is 2.34. The van der Waals surface area contributed by atoms with Crippen LogP contribution in [0.1, 0.15) is 0 Å². The van der Waals surface area contributed by atoms with Crippen LogP contribution >= 0.6 is 31.9 Å². The van der Waals surface area contributed by atoms with Gasteiger partial charge in [-0.15, -0.1) is 0 Å². The highest BCUT2D eigenvalue weighted by atomic mass is 79.9. The minimum absolute atomic E-state index is 0.519. The van der Waals surface area contributed by atoms with Crippen LogP contribution in [0.4, 0.5) is 11.4 Å². The molecule has 4 nitrogen and oxygen atoms in total. The zero-order valence-corrected chi connectivity index (χ0v) is 13.1. The fourth-order valence-corrected chi connectivity index (χ4v) is 2.59. The second-order valence-corrected chi connectivity index (χ2v) is 5.45. The molecule has 0 aromatic heterocycles. The third-order valence-corrected chi connectivity index (χ3v) is 3.83. The van der Waals surface area contributed by atoms with Crippen LogP contribution in [0.3, 0.4) is 0 Å². The molecule has 0 heterocycles. The van der Waals surface area contributed by atoms with Crippen molar-refractivity contribution in [2.24, 2.45) is 9.98 Å². The minimum Gasteiger partial charge on any atom is -0.211 e. The third kappa shape index (κ3) is 3.18. The van der Waals surface area contributed by atoms with Gasteiger partial charge in [0.2, 0.25) is 12.2 Å². The summed E-state index contributed by atoms with van der Waals surface area (Å²) in [5.74, 6) is 0. The Hall–Kier alpha value is -1.84. The highest BCUT2D eigenvalue weighted by molar-refractivity contribution is 9.11. The van der Waals surface area contributed by atoms with Gasteiger partial charge in [-0.05, 0) is 67.3 Å². The van der Waals surface area contributed by atoms with Crippen molar-refractivity contribution in [1.29, 1.82) is 0 Å². The van der Waals surface area contributed by atoms with Crippen LogP contribution in [-0.2, 0) is 9.59 Å². The smallest absolute Gasteiger partial charge is 0.211 e. The summed E-state index contributed by atoms with van der Waals surface area (Å²) in [5.41, 5.74) is 2.91. The number of hydrogen-bond donors (Lipinski definition) is 0. The third-order valence-electron chi connectivity index (χ3n) is 2.56. The van der Waals surface area contributed by atoms with Gasteiger partial charge in [0.25, 0.3) is 0 Å². The maximum atomic E-state index is 10.3. The van der Waals surface area contributed by atoms with Gasteiger partial charge in [-0.3, -0.25) is 0 Å². The van der Waals surface area contributed by atoms with E-state index in [1.165, 1.54) is 12.2 Å². The molecule has 0 saturated heterocycles. The van der Waals surface area contributed by atoms with E-state index in [-0.39, 0.29) is 0 Å². The van der Waals surface area contributed by atoms with Gasteiger partial charge >= 0.3 is 0 Å². The fraction of sp³-hybridized carbons (Fsp3) is 0. The fourth-order valence-electron chi connectivity index (χ4n) is 1.65. The molecule has 0 aliphatic carbocycles. The predicted octanol–water partition coefficient (Wildman–Crippen LogP) is 4.81. The second kappa shape index (κ2) is 6.55. The second-order valence-electron chi connectivity index (χ2n) is 3.74. The van der Waals surface area contributed by atoms with E-state index in [2.05, 4.69) is 41.8 Å². The normalized spacial score (nSPS) is 9.50. The molecule has 2 aromatic rings. The zero-order valence-electron chi connectivity index (χ0n) is 9.93. The summed E-state index contributed by atoms with van der Waals surface area (Å²) in [6, 6.07) is 10.8. The molecule has 0 atom stereocenters. The first-order valence-electron chi connectivity index (χ1n) is 5.41. The highest BCUT2D eigenvalue weighted by Gasteiger charge is 2.05. The van der Waals surface area contributed by atoms with E-state index in [9.17, 15) is 9.59 Å². The van der Waals surface area contributed by atoms with E-state index in [0.717, 1.165) is 11.1 Å². The molecule has 0 radical (unpaired) electrons. The Morgan fingerprint density at radius 1 is 0.750 bits per heavy atom. The lowest BCUT2D eigenvalue weighted by atomic mass is 10.1. The van der Waals surface area contributed by atoms with Crippen molar-refractivity contribution in [3.05, 3.63) is 45.3 Å². The molecule has 0 aliphatic heterocycles. The summed E-state index contributed by atoms with van der Waals surface area (Å²) in [7, 11) is 0. The summed E-state index contributed by atoms with van der Waals surface area (Å²) >= 11 is 6.70. The Morgan fingerprint density at radius 3 is 1.45 bits per heavy atom. The van der Waals surface area contributed by atoms with Gasteiger partial charge in [0.1, 0.15) is 0 Å². The zero-order chi connectivity index (χ0) is 14.5. The van der Waals surface area contributed by atoms with E-state index in [1.54, 1.807) is 12.1 Å². The first-order valence-corrected chi connectivity index (χ1v) is 6.99. The Morgan fingerprint density at radius 2 is 1.15 bits per heavy atom. The lowest BCUT2D eigenvalue weighted by Crippen LogP contribution is -1.80. The average molecular weight is 394 g/mol. The van der Waals surface area contributed by atoms with Crippen molar-refractivity contribution >= 4 is 55.4 Å². The van der Waals surface area contributed by atoms with Crippen LogP contribution in [-0.4, -0.2) is 12.2 Å². The van der Waals surface area contributed by atoms with Gasteiger partial charge in [-0.2, -0.15) is 9.98 Å². The van der Waals surface area contributed by atoms with Gasteiger partial charge in [0.05, 0.1) is 11.4 Å². The molecule has 0 bridgehead atoms. The predicted molar refractivity (Wildman–Crippen MR) is 82.8 cm³/mol. The topological polar surface area (TPSA) is 58.9 Å². The number of carbonyl (C=O) groups excluding carboxylic acids is 2. The standard InChI is InChI=1S/C14H6Br2N2O2/c15-11-5-9(1-3-13(11)17-7-19)10-2-4-14(18-8-20)12(16)6-10/h1-6H. The summed E-state index contributed by atoms with van der Waals surface area (Å²) in [4.78, 5) is 27.7. The van der Waals surface area contributed by atoms with E-state index in [1.807, 2.05) is 24.3 Å². The van der Waals surface area contributed by atoms with Crippen molar-refractivity contribution < 1.29 is 9.59 Å². The molecular weight excluding hydrogens is 388 g/mol. The Bertz CT molecular complexity index is 696. The van der Waals surface area contributed by atoms with Gasteiger partial charge in [-0.25, -0.2) is 9.59 Å². The molecule has 20 heavy (non-hydrogen) atoms. The van der Waals surface area contributed by atoms with E-state index < -0.39 is 0 Å². The van der Waals surface area contributed by atoms with Crippen LogP contribution in [0.15, 0.2) is 55.3 Å². The van der Waals surface area contributed by atoms with Crippen molar-refractivity contribution in [1.82, 2.24) is 0 Å². The molecule has 0 unspecified atom stereocenters. The van der Waals surface area contributed by atoms with E-state index in [0.29, 0.717) is 20.3 Å². The van der Waals surface area contributed by atoms with Crippen LogP contribution in [0.5, 0.6) is 0 Å². The molecule has 0 aliphatic rings. The maximum Gasteiger partial charge on any atom is 0.240 e. The number of aliphatic imine (C=N–C) groups is 2. The Kier molecular flexibility index (Phi) is 4.77. The number of hydrogen-bond acceptors (Lipinski definition) is 4. The number of isocyanates is 2.